The summed E-state index contributed by atoms with van der Waals surface area (Å²) in [6.45, 7) is 0.574. The summed E-state index contributed by atoms with van der Waals surface area (Å²) in [5, 5.41) is 3.04. The van der Waals surface area contributed by atoms with Gasteiger partial charge in [0.15, 0.2) is 9.84 Å². The lowest BCUT2D eigenvalue weighted by molar-refractivity contribution is 0.601. The highest BCUT2D eigenvalue weighted by Crippen LogP contribution is 2.17. The van der Waals surface area contributed by atoms with E-state index in [-0.39, 0.29) is 4.90 Å². The SMILES string of the molecule is Cn1ccnc1CCNc1ncccc1S(C)(=O)=O. The number of pyridine rings is 1. The van der Waals surface area contributed by atoms with Gasteiger partial charge in [0.2, 0.25) is 0 Å². The highest BCUT2D eigenvalue weighted by molar-refractivity contribution is 7.90. The maximum absolute atomic E-state index is 11.6. The van der Waals surface area contributed by atoms with Gasteiger partial charge >= 0.3 is 0 Å². The van der Waals surface area contributed by atoms with Gasteiger partial charge in [-0.05, 0) is 12.1 Å². The van der Waals surface area contributed by atoms with Gasteiger partial charge in [-0.25, -0.2) is 18.4 Å². The van der Waals surface area contributed by atoms with E-state index in [2.05, 4.69) is 15.3 Å². The normalized spacial score (nSPS) is 11.5. The second-order valence-corrected chi connectivity index (χ2v) is 6.24. The quantitative estimate of drug-likeness (QED) is 0.879. The van der Waals surface area contributed by atoms with Gasteiger partial charge in [0.1, 0.15) is 16.5 Å². The van der Waals surface area contributed by atoms with Crippen molar-refractivity contribution < 1.29 is 8.42 Å². The first-order valence-corrected chi connectivity index (χ1v) is 7.73. The molecule has 2 heterocycles. The Morgan fingerprint density at radius 1 is 1.32 bits per heavy atom. The molecular formula is C12H16N4O2S. The Balaban J connectivity index is 2.06. The van der Waals surface area contributed by atoms with Crippen LogP contribution in [0, 0.1) is 0 Å². The fourth-order valence-corrected chi connectivity index (χ4v) is 2.55. The van der Waals surface area contributed by atoms with Crippen LogP contribution >= 0.6 is 0 Å². The summed E-state index contributed by atoms with van der Waals surface area (Å²) >= 11 is 0. The monoisotopic (exact) mass is 280 g/mol. The molecule has 2 rings (SSSR count). The number of hydrogen-bond donors (Lipinski definition) is 1. The molecule has 0 radical (unpaired) electrons. The molecular weight excluding hydrogens is 264 g/mol. The predicted molar refractivity (Wildman–Crippen MR) is 72.7 cm³/mol. The molecule has 0 saturated heterocycles. The summed E-state index contributed by atoms with van der Waals surface area (Å²) in [6.07, 6.45) is 7.05. The van der Waals surface area contributed by atoms with E-state index in [1.807, 2.05) is 17.8 Å². The number of aromatic nitrogens is 3. The molecule has 0 aliphatic carbocycles. The van der Waals surface area contributed by atoms with Gasteiger partial charge in [-0.2, -0.15) is 0 Å². The van der Waals surface area contributed by atoms with E-state index in [9.17, 15) is 8.42 Å². The first-order valence-electron chi connectivity index (χ1n) is 5.83. The minimum absolute atomic E-state index is 0.217. The van der Waals surface area contributed by atoms with E-state index >= 15 is 0 Å². The second kappa shape index (κ2) is 5.40. The minimum atomic E-state index is -3.27. The van der Waals surface area contributed by atoms with E-state index in [4.69, 9.17) is 0 Å². The molecule has 0 amide bonds. The van der Waals surface area contributed by atoms with E-state index in [0.29, 0.717) is 18.8 Å². The molecule has 0 atom stereocenters. The molecule has 19 heavy (non-hydrogen) atoms. The smallest absolute Gasteiger partial charge is 0.179 e. The molecule has 0 saturated carbocycles. The second-order valence-electron chi connectivity index (χ2n) is 4.25. The first kappa shape index (κ1) is 13.5. The number of aryl methyl sites for hydroxylation is 1. The Hall–Kier alpha value is -1.89. The van der Waals surface area contributed by atoms with Crippen LogP contribution in [0.4, 0.5) is 5.82 Å². The largest absolute Gasteiger partial charge is 0.369 e. The highest BCUT2D eigenvalue weighted by Gasteiger charge is 2.13. The molecule has 0 unspecified atom stereocenters. The molecule has 7 heteroatoms. The van der Waals surface area contributed by atoms with Gasteiger partial charge in [0.05, 0.1) is 0 Å². The van der Waals surface area contributed by atoms with Crippen LogP contribution in [0.25, 0.3) is 0 Å². The molecule has 0 aromatic carbocycles. The summed E-state index contributed by atoms with van der Waals surface area (Å²) in [6, 6.07) is 3.16. The van der Waals surface area contributed by atoms with Crippen molar-refractivity contribution in [2.45, 2.75) is 11.3 Å². The van der Waals surface area contributed by atoms with Crippen molar-refractivity contribution in [3.63, 3.8) is 0 Å². The zero-order chi connectivity index (χ0) is 13.9. The molecule has 0 aliphatic heterocycles. The van der Waals surface area contributed by atoms with Crippen molar-refractivity contribution in [2.24, 2.45) is 7.05 Å². The predicted octanol–water partition coefficient (Wildman–Crippen LogP) is 0.873. The van der Waals surface area contributed by atoms with Crippen LogP contribution in [0.5, 0.6) is 0 Å². The topological polar surface area (TPSA) is 76.9 Å². The summed E-state index contributed by atoms with van der Waals surface area (Å²) in [5.74, 6) is 1.32. The van der Waals surface area contributed by atoms with Crippen molar-refractivity contribution in [3.8, 4) is 0 Å². The van der Waals surface area contributed by atoms with E-state index in [1.165, 1.54) is 6.26 Å². The Morgan fingerprint density at radius 3 is 2.74 bits per heavy atom. The number of imidazole rings is 1. The fraction of sp³-hybridized carbons (Fsp3) is 0.333. The van der Waals surface area contributed by atoms with Crippen molar-refractivity contribution in [3.05, 3.63) is 36.5 Å². The Labute approximate surface area is 112 Å². The average Bonchev–Trinajstić information content (AvgIpc) is 2.75. The van der Waals surface area contributed by atoms with Crippen LogP contribution in [-0.4, -0.2) is 35.8 Å². The van der Waals surface area contributed by atoms with Crippen LogP contribution < -0.4 is 5.32 Å². The lowest BCUT2D eigenvalue weighted by Gasteiger charge is -2.09. The zero-order valence-electron chi connectivity index (χ0n) is 10.9. The molecule has 1 N–H and O–H groups in total. The van der Waals surface area contributed by atoms with E-state index in [0.717, 1.165) is 5.82 Å². The number of rotatable bonds is 5. The van der Waals surface area contributed by atoms with Crippen LogP contribution in [0.3, 0.4) is 0 Å². The van der Waals surface area contributed by atoms with Crippen LogP contribution in [0.15, 0.2) is 35.6 Å². The van der Waals surface area contributed by atoms with Crippen LogP contribution in [0.1, 0.15) is 5.82 Å². The van der Waals surface area contributed by atoms with Gasteiger partial charge in [0, 0.05) is 44.9 Å². The standard InChI is InChI=1S/C12H16N4O2S/c1-16-9-8-13-11(16)5-7-15-12-10(19(2,17)18)4-3-6-14-12/h3-4,6,8-9H,5,7H2,1-2H3,(H,14,15). The lowest BCUT2D eigenvalue weighted by Crippen LogP contribution is -2.12. The van der Waals surface area contributed by atoms with Crippen molar-refractivity contribution in [1.82, 2.24) is 14.5 Å². The van der Waals surface area contributed by atoms with Gasteiger partial charge < -0.3 is 9.88 Å². The molecule has 0 aliphatic rings. The maximum Gasteiger partial charge on any atom is 0.179 e. The number of hydrogen-bond acceptors (Lipinski definition) is 5. The lowest BCUT2D eigenvalue weighted by atomic mass is 10.4. The summed E-state index contributed by atoms with van der Waals surface area (Å²) in [7, 11) is -1.35. The molecule has 102 valence electrons. The Bertz CT molecular complexity index is 664. The third-order valence-electron chi connectivity index (χ3n) is 2.73. The maximum atomic E-state index is 11.6. The van der Waals surface area contributed by atoms with Crippen LogP contribution in [-0.2, 0) is 23.3 Å². The Morgan fingerprint density at radius 2 is 2.11 bits per heavy atom. The van der Waals surface area contributed by atoms with Gasteiger partial charge in [-0.1, -0.05) is 0 Å². The number of sulfone groups is 1. The fourth-order valence-electron chi connectivity index (χ4n) is 1.75. The third-order valence-corrected chi connectivity index (χ3v) is 3.86. The molecule has 0 fully saturated rings. The van der Waals surface area contributed by atoms with Gasteiger partial charge in [0.25, 0.3) is 0 Å². The number of anilines is 1. The first-order chi connectivity index (χ1) is 8.98. The van der Waals surface area contributed by atoms with Crippen molar-refractivity contribution in [1.29, 1.82) is 0 Å². The molecule has 2 aromatic heterocycles. The summed E-state index contributed by atoms with van der Waals surface area (Å²) in [4.78, 5) is 8.49. The van der Waals surface area contributed by atoms with Crippen molar-refractivity contribution >= 4 is 15.7 Å². The molecule has 0 bridgehead atoms. The van der Waals surface area contributed by atoms with Crippen LogP contribution in [0.2, 0.25) is 0 Å². The van der Waals surface area contributed by atoms with E-state index < -0.39 is 9.84 Å². The number of nitrogens with one attached hydrogen (secondary N) is 1. The van der Waals surface area contributed by atoms with Gasteiger partial charge in [-0.3, -0.25) is 0 Å². The average molecular weight is 280 g/mol. The van der Waals surface area contributed by atoms with Crippen molar-refractivity contribution in [2.75, 3.05) is 18.1 Å². The zero-order valence-corrected chi connectivity index (χ0v) is 11.7. The highest BCUT2D eigenvalue weighted by atomic mass is 32.2. The summed E-state index contributed by atoms with van der Waals surface area (Å²) in [5.41, 5.74) is 0. The van der Waals surface area contributed by atoms with E-state index in [1.54, 1.807) is 24.5 Å². The minimum Gasteiger partial charge on any atom is -0.369 e. The Kier molecular flexibility index (Phi) is 3.84. The molecule has 2 aromatic rings. The molecule has 0 spiro atoms. The number of nitrogens with zero attached hydrogens (tertiary/aromatic N) is 3. The summed E-state index contributed by atoms with van der Waals surface area (Å²) < 4.78 is 25.1. The van der Waals surface area contributed by atoms with Gasteiger partial charge in [-0.15, -0.1) is 0 Å². The third kappa shape index (κ3) is 3.31. The molecule has 6 nitrogen and oxygen atoms in total.